The Morgan fingerprint density at radius 1 is 0.842 bits per heavy atom. The summed E-state index contributed by atoms with van der Waals surface area (Å²) in [6.07, 6.45) is 13.9. The normalized spacial score (nSPS) is 10.6. The van der Waals surface area contributed by atoms with E-state index < -0.39 is 0 Å². The molecule has 0 saturated heterocycles. The third-order valence-corrected chi connectivity index (χ3v) is 3.41. The maximum absolute atomic E-state index is 11.4. The molecule has 0 aromatic heterocycles. The molecule has 19 heavy (non-hydrogen) atoms. The zero-order valence-electron chi connectivity index (χ0n) is 12.8. The summed E-state index contributed by atoms with van der Waals surface area (Å²) in [7, 11) is 0. The van der Waals surface area contributed by atoms with Gasteiger partial charge in [0.05, 0.1) is 0 Å². The molecule has 3 nitrogen and oxygen atoms in total. The van der Waals surface area contributed by atoms with Crippen LogP contribution in [0.5, 0.6) is 0 Å². The van der Waals surface area contributed by atoms with E-state index in [1.807, 2.05) is 0 Å². The molecular formula is C16H33NO2. The summed E-state index contributed by atoms with van der Waals surface area (Å²) in [6, 6.07) is 0. The summed E-state index contributed by atoms with van der Waals surface area (Å²) in [5.41, 5.74) is 0. The maximum Gasteiger partial charge on any atom is 0.219 e. The molecule has 0 radical (unpaired) electrons. The van der Waals surface area contributed by atoms with Crippen molar-refractivity contribution in [2.75, 3.05) is 13.2 Å². The average molecular weight is 271 g/mol. The summed E-state index contributed by atoms with van der Waals surface area (Å²) in [5.74, 6) is 0.167. The minimum atomic E-state index is 0.167. The Morgan fingerprint density at radius 2 is 1.42 bits per heavy atom. The number of rotatable bonds is 14. The topological polar surface area (TPSA) is 49.3 Å². The van der Waals surface area contributed by atoms with Crippen molar-refractivity contribution in [3.63, 3.8) is 0 Å². The second-order valence-electron chi connectivity index (χ2n) is 5.36. The van der Waals surface area contributed by atoms with Crippen LogP contribution < -0.4 is 5.32 Å². The zero-order chi connectivity index (χ0) is 14.2. The van der Waals surface area contributed by atoms with Crippen LogP contribution in [0.15, 0.2) is 0 Å². The Kier molecular flexibility index (Phi) is 15.0. The molecule has 0 saturated carbocycles. The van der Waals surface area contributed by atoms with Crippen molar-refractivity contribution in [2.45, 2.75) is 84.0 Å². The van der Waals surface area contributed by atoms with E-state index >= 15 is 0 Å². The van der Waals surface area contributed by atoms with E-state index in [1.165, 1.54) is 51.4 Å². The highest BCUT2D eigenvalue weighted by Gasteiger charge is 2.00. The molecule has 0 aromatic rings. The highest BCUT2D eigenvalue weighted by Crippen LogP contribution is 2.10. The van der Waals surface area contributed by atoms with Crippen LogP contribution >= 0.6 is 0 Å². The van der Waals surface area contributed by atoms with Crippen LogP contribution in [0, 0.1) is 0 Å². The van der Waals surface area contributed by atoms with Crippen molar-refractivity contribution < 1.29 is 9.90 Å². The summed E-state index contributed by atoms with van der Waals surface area (Å²) in [6.45, 7) is 3.17. The standard InChI is InChI=1S/C16H33NO2/c1-2-3-4-5-6-7-8-9-10-13-16(19)17-14-11-12-15-18/h18H,2-15H2,1H3,(H,17,19). The molecule has 0 bridgehead atoms. The Balaban J connectivity index is 3.10. The van der Waals surface area contributed by atoms with Gasteiger partial charge in [0.25, 0.3) is 0 Å². The minimum Gasteiger partial charge on any atom is -0.396 e. The van der Waals surface area contributed by atoms with Crippen LogP contribution in [0.25, 0.3) is 0 Å². The first-order valence-corrected chi connectivity index (χ1v) is 8.18. The summed E-state index contributed by atoms with van der Waals surface area (Å²) in [4.78, 5) is 11.4. The Labute approximate surface area is 119 Å². The molecule has 0 heterocycles. The molecule has 0 fully saturated rings. The van der Waals surface area contributed by atoms with Crippen molar-refractivity contribution in [1.82, 2.24) is 5.32 Å². The fourth-order valence-electron chi connectivity index (χ4n) is 2.15. The Hall–Kier alpha value is -0.570. The number of hydrogen-bond donors (Lipinski definition) is 2. The van der Waals surface area contributed by atoms with Gasteiger partial charge in [0.15, 0.2) is 0 Å². The summed E-state index contributed by atoms with van der Waals surface area (Å²) >= 11 is 0. The van der Waals surface area contributed by atoms with Crippen LogP contribution in [-0.4, -0.2) is 24.2 Å². The molecule has 3 heteroatoms. The Morgan fingerprint density at radius 3 is 2.00 bits per heavy atom. The first kappa shape index (κ1) is 18.4. The molecule has 0 rings (SSSR count). The molecular weight excluding hydrogens is 238 g/mol. The van der Waals surface area contributed by atoms with Crippen LogP contribution in [0.2, 0.25) is 0 Å². The summed E-state index contributed by atoms with van der Waals surface area (Å²) < 4.78 is 0. The predicted molar refractivity (Wildman–Crippen MR) is 81.2 cm³/mol. The Bertz CT molecular complexity index is 195. The second kappa shape index (κ2) is 15.5. The van der Waals surface area contributed by atoms with Gasteiger partial charge in [-0.15, -0.1) is 0 Å². The van der Waals surface area contributed by atoms with Crippen molar-refractivity contribution >= 4 is 5.91 Å². The first-order chi connectivity index (χ1) is 9.31. The molecule has 2 N–H and O–H groups in total. The number of aliphatic hydroxyl groups excluding tert-OH is 1. The average Bonchev–Trinajstić information content (AvgIpc) is 2.42. The largest absolute Gasteiger partial charge is 0.396 e. The third-order valence-electron chi connectivity index (χ3n) is 3.41. The highest BCUT2D eigenvalue weighted by atomic mass is 16.2. The predicted octanol–water partition coefficient (Wildman–Crippen LogP) is 3.80. The van der Waals surface area contributed by atoms with Crippen molar-refractivity contribution in [3.05, 3.63) is 0 Å². The lowest BCUT2D eigenvalue weighted by molar-refractivity contribution is -0.121. The third kappa shape index (κ3) is 15.4. The van der Waals surface area contributed by atoms with E-state index in [0.29, 0.717) is 13.0 Å². The van der Waals surface area contributed by atoms with E-state index in [4.69, 9.17) is 5.11 Å². The van der Waals surface area contributed by atoms with Gasteiger partial charge < -0.3 is 10.4 Å². The quantitative estimate of drug-likeness (QED) is 0.472. The smallest absolute Gasteiger partial charge is 0.219 e. The monoisotopic (exact) mass is 271 g/mol. The maximum atomic E-state index is 11.4. The van der Waals surface area contributed by atoms with Crippen molar-refractivity contribution in [3.8, 4) is 0 Å². The molecule has 0 spiro atoms. The molecule has 0 aliphatic rings. The molecule has 0 aromatic carbocycles. The number of carbonyl (C=O) groups is 1. The van der Waals surface area contributed by atoms with Gasteiger partial charge in [0, 0.05) is 19.6 Å². The summed E-state index contributed by atoms with van der Waals surface area (Å²) in [5, 5.41) is 11.5. The molecule has 1 amide bonds. The fraction of sp³-hybridized carbons (Fsp3) is 0.938. The van der Waals surface area contributed by atoms with E-state index in [0.717, 1.165) is 19.3 Å². The van der Waals surface area contributed by atoms with Gasteiger partial charge in [-0.05, 0) is 19.3 Å². The number of carbonyl (C=O) groups excluding carboxylic acids is 1. The van der Waals surface area contributed by atoms with Crippen LogP contribution in [0.3, 0.4) is 0 Å². The SMILES string of the molecule is CCCCCCCCCCCC(=O)NCCCCO. The highest BCUT2D eigenvalue weighted by molar-refractivity contribution is 5.75. The van der Waals surface area contributed by atoms with Gasteiger partial charge in [0.1, 0.15) is 0 Å². The van der Waals surface area contributed by atoms with Crippen LogP contribution in [0.4, 0.5) is 0 Å². The van der Waals surface area contributed by atoms with Crippen LogP contribution in [0.1, 0.15) is 84.0 Å². The van der Waals surface area contributed by atoms with Gasteiger partial charge in [-0.25, -0.2) is 0 Å². The molecule has 114 valence electrons. The lowest BCUT2D eigenvalue weighted by Crippen LogP contribution is -2.24. The molecule has 0 unspecified atom stereocenters. The first-order valence-electron chi connectivity index (χ1n) is 8.18. The molecule has 0 aliphatic heterocycles. The fourth-order valence-corrected chi connectivity index (χ4v) is 2.15. The van der Waals surface area contributed by atoms with E-state index in [9.17, 15) is 4.79 Å². The number of unbranched alkanes of at least 4 members (excludes halogenated alkanes) is 9. The van der Waals surface area contributed by atoms with E-state index in [-0.39, 0.29) is 12.5 Å². The lowest BCUT2D eigenvalue weighted by Gasteiger charge is -2.04. The minimum absolute atomic E-state index is 0.167. The van der Waals surface area contributed by atoms with Gasteiger partial charge in [-0.3, -0.25) is 4.79 Å². The van der Waals surface area contributed by atoms with E-state index in [2.05, 4.69) is 12.2 Å². The lowest BCUT2D eigenvalue weighted by atomic mass is 10.1. The van der Waals surface area contributed by atoms with Crippen molar-refractivity contribution in [2.24, 2.45) is 0 Å². The zero-order valence-corrected chi connectivity index (χ0v) is 12.8. The van der Waals surface area contributed by atoms with Gasteiger partial charge >= 0.3 is 0 Å². The molecule has 0 aliphatic carbocycles. The number of aliphatic hydroxyl groups is 1. The number of nitrogens with one attached hydrogen (secondary N) is 1. The van der Waals surface area contributed by atoms with Gasteiger partial charge in [-0.1, -0.05) is 58.3 Å². The van der Waals surface area contributed by atoms with Crippen LogP contribution in [-0.2, 0) is 4.79 Å². The molecule has 0 atom stereocenters. The van der Waals surface area contributed by atoms with Gasteiger partial charge in [-0.2, -0.15) is 0 Å². The van der Waals surface area contributed by atoms with Crippen molar-refractivity contribution in [1.29, 1.82) is 0 Å². The number of hydrogen-bond acceptors (Lipinski definition) is 2. The second-order valence-corrected chi connectivity index (χ2v) is 5.36. The number of amides is 1. The van der Waals surface area contributed by atoms with Gasteiger partial charge in [0.2, 0.25) is 5.91 Å². The van der Waals surface area contributed by atoms with E-state index in [1.54, 1.807) is 0 Å².